The Kier molecular flexibility index (Phi) is 3.04. The van der Waals surface area contributed by atoms with Crippen molar-refractivity contribution < 1.29 is 5.11 Å². The summed E-state index contributed by atoms with van der Waals surface area (Å²) in [5.41, 5.74) is 2.89. The first-order chi connectivity index (χ1) is 9.49. The van der Waals surface area contributed by atoms with Crippen LogP contribution in [0.25, 0.3) is 16.8 Å². The summed E-state index contributed by atoms with van der Waals surface area (Å²) in [6.45, 7) is 3.77. The fourth-order valence-corrected chi connectivity index (χ4v) is 2.68. The minimum absolute atomic E-state index is 0.139. The van der Waals surface area contributed by atoms with Gasteiger partial charge in [-0.05, 0) is 42.0 Å². The Morgan fingerprint density at radius 3 is 2.80 bits per heavy atom. The SMILES string of the molecule is Cc1cccc(-c2c(O)n3nc(C)c(I)c3[nH]c2=O)c1. The summed E-state index contributed by atoms with van der Waals surface area (Å²) in [7, 11) is 0. The van der Waals surface area contributed by atoms with E-state index in [9.17, 15) is 9.90 Å². The van der Waals surface area contributed by atoms with E-state index in [1.165, 1.54) is 4.52 Å². The molecule has 20 heavy (non-hydrogen) atoms. The van der Waals surface area contributed by atoms with Gasteiger partial charge in [-0.1, -0.05) is 29.8 Å². The number of halogens is 1. The molecule has 0 bridgehead atoms. The average molecular weight is 381 g/mol. The highest BCUT2D eigenvalue weighted by Crippen LogP contribution is 2.28. The standard InChI is InChI=1S/C14H12IN3O2/c1-7-4-3-5-9(6-7)10-13(19)16-12-11(15)8(2)17-18(12)14(10)20/h3-6,20H,1-2H3,(H,16,19). The van der Waals surface area contributed by atoms with Crippen LogP contribution in [0, 0.1) is 17.4 Å². The van der Waals surface area contributed by atoms with Crippen molar-refractivity contribution in [3.05, 3.63) is 49.4 Å². The Bertz CT molecular complexity index is 880. The fraction of sp³-hybridized carbons (Fsp3) is 0.143. The molecule has 2 aromatic heterocycles. The van der Waals surface area contributed by atoms with Gasteiger partial charge in [0, 0.05) is 0 Å². The van der Waals surface area contributed by atoms with E-state index >= 15 is 0 Å². The molecule has 2 heterocycles. The van der Waals surface area contributed by atoms with Gasteiger partial charge in [-0.3, -0.25) is 4.79 Å². The lowest BCUT2D eigenvalue weighted by atomic mass is 10.1. The highest BCUT2D eigenvalue weighted by Gasteiger charge is 2.18. The minimum Gasteiger partial charge on any atom is -0.493 e. The van der Waals surface area contributed by atoms with Crippen LogP contribution in [-0.4, -0.2) is 19.7 Å². The molecule has 0 amide bonds. The van der Waals surface area contributed by atoms with E-state index < -0.39 is 0 Å². The lowest BCUT2D eigenvalue weighted by molar-refractivity contribution is 0.436. The number of aromatic hydroxyl groups is 1. The van der Waals surface area contributed by atoms with Gasteiger partial charge in [-0.15, -0.1) is 0 Å². The molecule has 0 fully saturated rings. The fourth-order valence-electron chi connectivity index (χ4n) is 2.21. The van der Waals surface area contributed by atoms with E-state index in [1.807, 2.05) is 32.0 Å². The summed E-state index contributed by atoms with van der Waals surface area (Å²) < 4.78 is 2.20. The zero-order valence-corrected chi connectivity index (χ0v) is 13.1. The molecule has 2 N–H and O–H groups in total. The number of nitrogens with zero attached hydrogens (tertiary/aromatic N) is 2. The third kappa shape index (κ3) is 1.91. The predicted molar refractivity (Wildman–Crippen MR) is 85.1 cm³/mol. The highest BCUT2D eigenvalue weighted by atomic mass is 127. The van der Waals surface area contributed by atoms with E-state index in [-0.39, 0.29) is 17.0 Å². The van der Waals surface area contributed by atoms with Crippen LogP contribution >= 0.6 is 22.6 Å². The topological polar surface area (TPSA) is 70.4 Å². The van der Waals surface area contributed by atoms with Crippen LogP contribution in [0.5, 0.6) is 5.88 Å². The van der Waals surface area contributed by atoms with E-state index in [0.29, 0.717) is 11.2 Å². The molecule has 0 aliphatic heterocycles. The maximum atomic E-state index is 12.3. The molecule has 0 aliphatic rings. The van der Waals surface area contributed by atoms with Gasteiger partial charge >= 0.3 is 0 Å². The van der Waals surface area contributed by atoms with Crippen LogP contribution in [0.3, 0.4) is 0 Å². The molecule has 102 valence electrons. The zero-order chi connectivity index (χ0) is 14.4. The number of hydrogen-bond donors (Lipinski definition) is 2. The summed E-state index contributed by atoms with van der Waals surface area (Å²) in [5, 5.41) is 14.6. The molecule has 0 unspecified atom stereocenters. The quantitative estimate of drug-likeness (QED) is 0.637. The Morgan fingerprint density at radius 2 is 2.10 bits per heavy atom. The number of hydrogen-bond acceptors (Lipinski definition) is 3. The van der Waals surface area contributed by atoms with Gasteiger partial charge in [0.1, 0.15) is 5.56 Å². The maximum absolute atomic E-state index is 12.3. The van der Waals surface area contributed by atoms with Gasteiger partial charge in [-0.2, -0.15) is 9.61 Å². The lowest BCUT2D eigenvalue weighted by Gasteiger charge is -2.06. The molecule has 0 spiro atoms. The summed E-state index contributed by atoms with van der Waals surface area (Å²) in [4.78, 5) is 15.1. The Labute approximate surface area is 128 Å². The maximum Gasteiger partial charge on any atom is 0.262 e. The predicted octanol–water partition coefficient (Wildman–Crippen LogP) is 2.62. The number of H-pyrrole nitrogens is 1. The number of fused-ring (bicyclic) bond motifs is 1. The van der Waals surface area contributed by atoms with Gasteiger partial charge in [-0.25, -0.2) is 0 Å². The molecule has 0 saturated heterocycles. The summed E-state index contributed by atoms with van der Waals surface area (Å²) >= 11 is 2.10. The second-order valence-corrected chi connectivity index (χ2v) is 5.76. The van der Waals surface area contributed by atoms with Crippen LogP contribution in [0.15, 0.2) is 29.1 Å². The normalized spacial score (nSPS) is 11.2. The molecule has 3 aromatic rings. The molecule has 0 aliphatic carbocycles. The monoisotopic (exact) mass is 381 g/mol. The number of rotatable bonds is 1. The van der Waals surface area contributed by atoms with E-state index in [1.54, 1.807) is 6.07 Å². The van der Waals surface area contributed by atoms with E-state index in [0.717, 1.165) is 14.8 Å². The van der Waals surface area contributed by atoms with Crippen molar-refractivity contribution in [3.8, 4) is 17.0 Å². The van der Waals surface area contributed by atoms with Gasteiger partial charge in [0.15, 0.2) is 5.65 Å². The minimum atomic E-state index is -0.321. The average Bonchev–Trinajstić information content (AvgIpc) is 2.67. The smallest absolute Gasteiger partial charge is 0.262 e. The van der Waals surface area contributed by atoms with E-state index in [4.69, 9.17) is 0 Å². The Hall–Kier alpha value is -1.83. The first kappa shape index (κ1) is 13.2. The van der Waals surface area contributed by atoms with Gasteiger partial charge in [0.2, 0.25) is 5.88 Å². The second-order valence-electron chi connectivity index (χ2n) is 4.68. The van der Waals surface area contributed by atoms with Crippen molar-refractivity contribution in [1.82, 2.24) is 14.6 Å². The Morgan fingerprint density at radius 1 is 1.35 bits per heavy atom. The molecule has 3 rings (SSSR count). The molecule has 5 nitrogen and oxygen atoms in total. The van der Waals surface area contributed by atoms with Crippen LogP contribution in [0.1, 0.15) is 11.3 Å². The van der Waals surface area contributed by atoms with Gasteiger partial charge in [0.05, 0.1) is 9.26 Å². The second kappa shape index (κ2) is 4.62. The van der Waals surface area contributed by atoms with Crippen LogP contribution in [-0.2, 0) is 0 Å². The molecule has 0 radical (unpaired) electrons. The first-order valence-electron chi connectivity index (χ1n) is 6.06. The number of benzene rings is 1. The summed E-state index contributed by atoms with van der Waals surface area (Å²) in [6, 6.07) is 7.45. The highest BCUT2D eigenvalue weighted by molar-refractivity contribution is 14.1. The van der Waals surface area contributed by atoms with Gasteiger partial charge < -0.3 is 10.1 Å². The zero-order valence-electron chi connectivity index (χ0n) is 10.9. The number of aryl methyl sites for hydroxylation is 2. The summed E-state index contributed by atoms with van der Waals surface area (Å²) in [6.07, 6.45) is 0. The first-order valence-corrected chi connectivity index (χ1v) is 7.14. The van der Waals surface area contributed by atoms with Crippen LogP contribution in [0.2, 0.25) is 0 Å². The van der Waals surface area contributed by atoms with E-state index in [2.05, 4.69) is 32.7 Å². The van der Waals surface area contributed by atoms with Crippen molar-refractivity contribution in [3.63, 3.8) is 0 Å². The third-order valence-corrected chi connectivity index (χ3v) is 4.47. The molecule has 0 atom stereocenters. The van der Waals surface area contributed by atoms with Crippen molar-refractivity contribution in [2.24, 2.45) is 0 Å². The van der Waals surface area contributed by atoms with Crippen molar-refractivity contribution >= 4 is 28.2 Å². The largest absolute Gasteiger partial charge is 0.493 e. The Balaban J connectivity index is 2.40. The van der Waals surface area contributed by atoms with Crippen molar-refractivity contribution in [2.45, 2.75) is 13.8 Å². The molecule has 6 heteroatoms. The van der Waals surface area contributed by atoms with Crippen LogP contribution < -0.4 is 5.56 Å². The van der Waals surface area contributed by atoms with Crippen molar-refractivity contribution in [1.29, 1.82) is 0 Å². The van der Waals surface area contributed by atoms with Crippen LogP contribution in [0.4, 0.5) is 0 Å². The third-order valence-electron chi connectivity index (χ3n) is 3.18. The number of aromatic amines is 1. The molecule has 1 aromatic carbocycles. The summed E-state index contributed by atoms with van der Waals surface area (Å²) in [5.74, 6) is -0.139. The molecule has 0 saturated carbocycles. The van der Waals surface area contributed by atoms with Gasteiger partial charge in [0.25, 0.3) is 5.56 Å². The lowest BCUT2D eigenvalue weighted by Crippen LogP contribution is -2.12. The number of nitrogens with one attached hydrogen (secondary N) is 1. The number of aromatic nitrogens is 3. The molecular weight excluding hydrogens is 369 g/mol. The molecular formula is C14H12IN3O2. The van der Waals surface area contributed by atoms with Crippen molar-refractivity contribution in [2.75, 3.05) is 0 Å².